The Balaban J connectivity index is 1.98. The van der Waals surface area contributed by atoms with Gasteiger partial charge in [0.25, 0.3) is 0 Å². The molecule has 0 aromatic carbocycles. The van der Waals surface area contributed by atoms with Gasteiger partial charge in [-0.25, -0.2) is 0 Å². The van der Waals surface area contributed by atoms with Gasteiger partial charge in [-0.2, -0.15) is 0 Å². The second-order valence-corrected chi connectivity index (χ2v) is 7.08. The van der Waals surface area contributed by atoms with Crippen LogP contribution in [0.1, 0.15) is 72.1 Å². The minimum absolute atomic E-state index is 0.824. The number of nitrogens with one attached hydrogen (secondary N) is 1. The molecule has 2 aliphatic rings. The molecule has 5 atom stereocenters. The molecule has 18 heavy (non-hydrogen) atoms. The summed E-state index contributed by atoms with van der Waals surface area (Å²) >= 11 is 0. The largest absolute Gasteiger partial charge is 0.313 e. The molecule has 1 nitrogen and oxygen atoms in total. The summed E-state index contributed by atoms with van der Waals surface area (Å²) in [6.45, 7) is 8.47. The SMILES string of the molecule is CCCNC(C1CCCC(C)C1)C1CCCC1C. The van der Waals surface area contributed by atoms with E-state index in [2.05, 4.69) is 26.1 Å². The quantitative estimate of drug-likeness (QED) is 0.752. The third-order valence-electron chi connectivity index (χ3n) is 5.50. The zero-order chi connectivity index (χ0) is 13.0. The molecule has 2 saturated carbocycles. The average Bonchev–Trinajstić information content (AvgIpc) is 2.77. The Labute approximate surface area is 114 Å². The highest BCUT2D eigenvalue weighted by Crippen LogP contribution is 2.40. The van der Waals surface area contributed by atoms with Crippen LogP contribution in [0.4, 0.5) is 0 Å². The third kappa shape index (κ3) is 3.50. The predicted molar refractivity (Wildman–Crippen MR) is 79.7 cm³/mol. The van der Waals surface area contributed by atoms with Crippen LogP contribution < -0.4 is 5.32 Å². The number of hydrogen-bond donors (Lipinski definition) is 1. The molecule has 0 aliphatic heterocycles. The highest BCUT2D eigenvalue weighted by molar-refractivity contribution is 4.91. The topological polar surface area (TPSA) is 12.0 Å². The van der Waals surface area contributed by atoms with E-state index in [0.29, 0.717) is 0 Å². The first-order valence-electron chi connectivity index (χ1n) is 8.45. The van der Waals surface area contributed by atoms with Crippen LogP contribution in [0.3, 0.4) is 0 Å². The summed E-state index contributed by atoms with van der Waals surface area (Å²) in [6.07, 6.45) is 11.6. The van der Waals surface area contributed by atoms with Crippen molar-refractivity contribution in [2.75, 3.05) is 6.54 Å². The van der Waals surface area contributed by atoms with E-state index < -0.39 is 0 Å². The molecule has 0 radical (unpaired) electrons. The summed E-state index contributed by atoms with van der Waals surface area (Å²) in [4.78, 5) is 0. The molecule has 1 heteroatoms. The molecule has 2 rings (SSSR count). The third-order valence-corrected chi connectivity index (χ3v) is 5.50. The van der Waals surface area contributed by atoms with Crippen LogP contribution in [-0.4, -0.2) is 12.6 Å². The first-order chi connectivity index (χ1) is 8.72. The van der Waals surface area contributed by atoms with Gasteiger partial charge >= 0.3 is 0 Å². The van der Waals surface area contributed by atoms with Gasteiger partial charge in [0.2, 0.25) is 0 Å². The molecule has 0 aromatic heterocycles. The highest BCUT2D eigenvalue weighted by atomic mass is 14.9. The summed E-state index contributed by atoms with van der Waals surface area (Å²) in [5, 5.41) is 3.93. The van der Waals surface area contributed by atoms with Crippen LogP contribution in [0.5, 0.6) is 0 Å². The van der Waals surface area contributed by atoms with Crippen molar-refractivity contribution in [1.29, 1.82) is 0 Å². The molecule has 0 spiro atoms. The zero-order valence-electron chi connectivity index (χ0n) is 12.8. The average molecular weight is 251 g/mol. The van der Waals surface area contributed by atoms with Crippen molar-refractivity contribution < 1.29 is 0 Å². The van der Waals surface area contributed by atoms with Gasteiger partial charge in [-0.3, -0.25) is 0 Å². The summed E-state index contributed by atoms with van der Waals surface area (Å²) in [6, 6.07) is 0.824. The lowest BCUT2D eigenvalue weighted by Gasteiger charge is -2.39. The van der Waals surface area contributed by atoms with Crippen molar-refractivity contribution >= 4 is 0 Å². The van der Waals surface area contributed by atoms with E-state index in [9.17, 15) is 0 Å². The van der Waals surface area contributed by atoms with E-state index in [1.165, 1.54) is 57.9 Å². The monoisotopic (exact) mass is 251 g/mol. The fraction of sp³-hybridized carbons (Fsp3) is 1.00. The summed E-state index contributed by atoms with van der Waals surface area (Å²) < 4.78 is 0. The van der Waals surface area contributed by atoms with E-state index in [0.717, 1.165) is 29.7 Å². The number of rotatable bonds is 5. The van der Waals surface area contributed by atoms with Gasteiger partial charge in [0, 0.05) is 6.04 Å². The van der Waals surface area contributed by atoms with Gasteiger partial charge in [-0.15, -0.1) is 0 Å². The molecular weight excluding hydrogens is 218 g/mol. The molecule has 0 amide bonds. The molecular formula is C17H33N. The van der Waals surface area contributed by atoms with Gasteiger partial charge in [0.1, 0.15) is 0 Å². The molecule has 0 aromatic rings. The lowest BCUT2D eigenvalue weighted by atomic mass is 9.73. The minimum atomic E-state index is 0.824. The maximum absolute atomic E-state index is 3.93. The lowest BCUT2D eigenvalue weighted by Crippen LogP contribution is -2.45. The van der Waals surface area contributed by atoms with Crippen LogP contribution in [0.2, 0.25) is 0 Å². The van der Waals surface area contributed by atoms with Crippen molar-refractivity contribution in [3.8, 4) is 0 Å². The number of hydrogen-bond acceptors (Lipinski definition) is 1. The van der Waals surface area contributed by atoms with Crippen LogP contribution in [0, 0.1) is 23.7 Å². The first-order valence-corrected chi connectivity index (χ1v) is 8.45. The van der Waals surface area contributed by atoms with Crippen LogP contribution in [0.25, 0.3) is 0 Å². The molecule has 0 saturated heterocycles. The lowest BCUT2D eigenvalue weighted by molar-refractivity contribution is 0.158. The Morgan fingerprint density at radius 3 is 2.44 bits per heavy atom. The summed E-state index contributed by atoms with van der Waals surface area (Å²) in [5.41, 5.74) is 0. The Morgan fingerprint density at radius 1 is 1.06 bits per heavy atom. The van der Waals surface area contributed by atoms with E-state index >= 15 is 0 Å². The fourth-order valence-corrected chi connectivity index (χ4v) is 4.49. The smallest absolute Gasteiger partial charge is 0.0126 e. The van der Waals surface area contributed by atoms with Gasteiger partial charge in [0.15, 0.2) is 0 Å². The molecule has 0 bridgehead atoms. The summed E-state index contributed by atoms with van der Waals surface area (Å²) in [7, 11) is 0. The van der Waals surface area contributed by atoms with Crippen molar-refractivity contribution in [1.82, 2.24) is 5.32 Å². The highest BCUT2D eigenvalue weighted by Gasteiger charge is 2.36. The van der Waals surface area contributed by atoms with Gasteiger partial charge in [-0.1, -0.05) is 46.5 Å². The first kappa shape index (κ1) is 14.4. The van der Waals surface area contributed by atoms with Gasteiger partial charge < -0.3 is 5.32 Å². The van der Waals surface area contributed by atoms with E-state index in [4.69, 9.17) is 0 Å². The minimum Gasteiger partial charge on any atom is -0.313 e. The Hall–Kier alpha value is -0.0400. The Kier molecular flexibility index (Phi) is 5.54. The zero-order valence-corrected chi connectivity index (χ0v) is 12.8. The fourth-order valence-electron chi connectivity index (χ4n) is 4.49. The Bertz CT molecular complexity index is 238. The van der Waals surface area contributed by atoms with Crippen LogP contribution in [0.15, 0.2) is 0 Å². The molecule has 2 aliphatic carbocycles. The van der Waals surface area contributed by atoms with Crippen molar-refractivity contribution in [3.63, 3.8) is 0 Å². The van der Waals surface area contributed by atoms with Crippen molar-refractivity contribution in [2.45, 2.75) is 78.2 Å². The van der Waals surface area contributed by atoms with E-state index in [-0.39, 0.29) is 0 Å². The van der Waals surface area contributed by atoms with Gasteiger partial charge in [-0.05, 0) is 55.9 Å². The predicted octanol–water partition coefficient (Wildman–Crippen LogP) is 4.62. The van der Waals surface area contributed by atoms with Crippen molar-refractivity contribution in [2.24, 2.45) is 23.7 Å². The van der Waals surface area contributed by atoms with Crippen LogP contribution in [-0.2, 0) is 0 Å². The normalized spacial score (nSPS) is 38.8. The van der Waals surface area contributed by atoms with E-state index in [1.807, 2.05) is 0 Å². The Morgan fingerprint density at radius 2 is 1.83 bits per heavy atom. The van der Waals surface area contributed by atoms with Crippen LogP contribution >= 0.6 is 0 Å². The molecule has 2 fully saturated rings. The second-order valence-electron chi connectivity index (χ2n) is 7.08. The molecule has 106 valence electrons. The van der Waals surface area contributed by atoms with Crippen molar-refractivity contribution in [3.05, 3.63) is 0 Å². The maximum atomic E-state index is 3.93. The summed E-state index contributed by atoms with van der Waals surface area (Å²) in [5.74, 6) is 3.85. The van der Waals surface area contributed by atoms with Gasteiger partial charge in [0.05, 0.1) is 0 Å². The maximum Gasteiger partial charge on any atom is 0.0126 e. The molecule has 1 N–H and O–H groups in total. The molecule has 0 heterocycles. The standard InChI is InChI=1S/C17H33N/c1-4-11-18-17(16-10-6-8-14(16)3)15-9-5-7-13(2)12-15/h13-18H,4-12H2,1-3H3. The molecule has 5 unspecified atom stereocenters. The van der Waals surface area contributed by atoms with E-state index in [1.54, 1.807) is 0 Å². The second kappa shape index (κ2) is 6.93.